The molecule has 1 amide bonds. The van der Waals surface area contributed by atoms with Crippen molar-refractivity contribution in [2.75, 3.05) is 11.9 Å². The Morgan fingerprint density at radius 2 is 1.66 bits per heavy atom. The Balaban J connectivity index is 2.10. The van der Waals surface area contributed by atoms with Crippen molar-refractivity contribution in [3.8, 4) is 5.75 Å². The number of benzene rings is 2. The number of rotatable bonds is 8. The van der Waals surface area contributed by atoms with Crippen LogP contribution in [0.1, 0.15) is 51.4 Å². The minimum absolute atomic E-state index is 0.142. The summed E-state index contributed by atoms with van der Waals surface area (Å²) in [5.41, 5.74) is 0.356. The Hall–Kier alpha value is -2.38. The monoisotopic (exact) mass is 418 g/mol. The Morgan fingerprint density at radius 3 is 2.24 bits per heavy atom. The van der Waals surface area contributed by atoms with Gasteiger partial charge >= 0.3 is 0 Å². The predicted molar refractivity (Wildman–Crippen MR) is 116 cm³/mol. The van der Waals surface area contributed by atoms with Crippen LogP contribution in [0.5, 0.6) is 5.75 Å². The van der Waals surface area contributed by atoms with Crippen LogP contribution < -0.4 is 14.8 Å². The Kier molecular flexibility index (Phi) is 7.43. The lowest BCUT2D eigenvalue weighted by atomic mass is 10.1. The van der Waals surface area contributed by atoms with Crippen LogP contribution in [0.15, 0.2) is 53.4 Å². The molecule has 0 aliphatic rings. The van der Waals surface area contributed by atoms with E-state index >= 15 is 0 Å². The summed E-state index contributed by atoms with van der Waals surface area (Å²) in [6, 6.07) is 13.1. The molecule has 158 valence electrons. The van der Waals surface area contributed by atoms with Gasteiger partial charge in [0.15, 0.2) is 0 Å². The van der Waals surface area contributed by atoms with E-state index in [1.165, 1.54) is 12.1 Å². The molecule has 2 rings (SSSR count). The second kappa shape index (κ2) is 9.41. The molecule has 0 aliphatic heterocycles. The maximum Gasteiger partial charge on any atom is 0.259 e. The maximum atomic E-state index is 12.7. The maximum absolute atomic E-state index is 12.7. The van der Waals surface area contributed by atoms with Gasteiger partial charge in [-0.3, -0.25) is 4.79 Å². The van der Waals surface area contributed by atoms with Crippen LogP contribution in [0.25, 0.3) is 0 Å². The molecule has 7 heteroatoms. The Bertz CT molecular complexity index is 930. The molecule has 0 aromatic heterocycles. The normalized spacial score (nSPS) is 12.1. The van der Waals surface area contributed by atoms with Crippen LogP contribution in [0.2, 0.25) is 0 Å². The lowest BCUT2D eigenvalue weighted by Gasteiger charge is -2.20. The summed E-state index contributed by atoms with van der Waals surface area (Å²) in [4.78, 5) is 12.8. The molecule has 0 aliphatic carbocycles. The zero-order valence-electron chi connectivity index (χ0n) is 17.7. The van der Waals surface area contributed by atoms with Gasteiger partial charge in [0, 0.05) is 11.2 Å². The molecule has 0 unspecified atom stereocenters. The summed E-state index contributed by atoms with van der Waals surface area (Å²) in [7, 11) is -3.62. The predicted octanol–water partition coefficient (Wildman–Crippen LogP) is 4.44. The second-order valence-electron chi connectivity index (χ2n) is 8.36. The minimum Gasteiger partial charge on any atom is -0.493 e. The second-order valence-corrected chi connectivity index (χ2v) is 10.0. The van der Waals surface area contributed by atoms with Gasteiger partial charge in [-0.25, -0.2) is 13.1 Å². The quantitative estimate of drug-likeness (QED) is 0.664. The van der Waals surface area contributed by atoms with Crippen LogP contribution in [0.3, 0.4) is 0 Å². The standard InChI is InChI=1S/C22H30N2O4S/c1-16(2)14-15-28-20-9-7-6-8-19(20)21(25)23-17-10-12-18(13-11-17)29(26,27)24-22(3,4)5/h6-13,16,24H,14-15H2,1-5H3,(H,23,25). The summed E-state index contributed by atoms with van der Waals surface area (Å²) in [6.07, 6.45) is 0.897. The number of carbonyl (C=O) groups excluding carboxylic acids is 1. The van der Waals surface area contributed by atoms with E-state index in [1.807, 2.05) is 6.07 Å². The van der Waals surface area contributed by atoms with Gasteiger partial charge in [-0.1, -0.05) is 26.0 Å². The molecule has 0 spiro atoms. The van der Waals surface area contributed by atoms with Gasteiger partial charge in [-0.15, -0.1) is 0 Å². The molecule has 2 N–H and O–H groups in total. The fourth-order valence-corrected chi connectivity index (χ4v) is 3.98. The highest BCUT2D eigenvalue weighted by atomic mass is 32.2. The first-order valence-electron chi connectivity index (χ1n) is 9.65. The number of hydrogen-bond acceptors (Lipinski definition) is 4. The van der Waals surface area contributed by atoms with Gasteiger partial charge in [-0.05, 0) is 69.5 Å². The third-order valence-corrected chi connectivity index (χ3v) is 5.72. The number of sulfonamides is 1. The minimum atomic E-state index is -3.62. The average molecular weight is 419 g/mol. The molecule has 0 saturated carbocycles. The molecule has 0 saturated heterocycles. The molecule has 0 bridgehead atoms. The van der Waals surface area contributed by atoms with Crippen molar-refractivity contribution < 1.29 is 17.9 Å². The molecular formula is C22H30N2O4S. The zero-order chi connectivity index (χ0) is 21.7. The van der Waals surface area contributed by atoms with Crippen molar-refractivity contribution in [2.24, 2.45) is 5.92 Å². The number of amides is 1. The molecule has 0 atom stereocenters. The molecule has 29 heavy (non-hydrogen) atoms. The fourth-order valence-electron chi connectivity index (χ4n) is 2.56. The highest BCUT2D eigenvalue weighted by molar-refractivity contribution is 7.89. The van der Waals surface area contributed by atoms with E-state index < -0.39 is 15.6 Å². The lowest BCUT2D eigenvalue weighted by molar-refractivity contribution is 0.102. The number of nitrogens with one attached hydrogen (secondary N) is 2. The average Bonchev–Trinajstić information content (AvgIpc) is 2.60. The summed E-state index contributed by atoms with van der Waals surface area (Å²) in [5.74, 6) is 0.728. The SMILES string of the molecule is CC(C)CCOc1ccccc1C(=O)Nc1ccc(S(=O)(=O)NC(C)(C)C)cc1. The molecular weight excluding hydrogens is 388 g/mol. The van der Waals surface area contributed by atoms with Gasteiger partial charge in [0.05, 0.1) is 17.1 Å². The van der Waals surface area contributed by atoms with E-state index in [1.54, 1.807) is 51.1 Å². The number of anilines is 1. The van der Waals surface area contributed by atoms with E-state index in [9.17, 15) is 13.2 Å². The van der Waals surface area contributed by atoms with E-state index in [-0.39, 0.29) is 10.8 Å². The number of para-hydroxylation sites is 1. The third kappa shape index (κ3) is 7.18. The lowest BCUT2D eigenvalue weighted by Crippen LogP contribution is -2.40. The first-order chi connectivity index (χ1) is 13.5. The fraction of sp³-hybridized carbons (Fsp3) is 0.409. The van der Waals surface area contributed by atoms with Crippen LogP contribution in [-0.2, 0) is 10.0 Å². The topological polar surface area (TPSA) is 84.5 Å². The summed E-state index contributed by atoms with van der Waals surface area (Å²) in [5, 5.41) is 2.79. The number of carbonyl (C=O) groups is 1. The van der Waals surface area contributed by atoms with Crippen LogP contribution in [0, 0.1) is 5.92 Å². The molecule has 0 fully saturated rings. The van der Waals surface area contributed by atoms with Gasteiger partial charge in [0.2, 0.25) is 10.0 Å². The van der Waals surface area contributed by atoms with Crippen molar-refractivity contribution in [1.82, 2.24) is 4.72 Å². The van der Waals surface area contributed by atoms with Gasteiger partial charge in [0.25, 0.3) is 5.91 Å². The Labute approximate surface area is 173 Å². The molecule has 0 heterocycles. The first kappa shape index (κ1) is 22.9. The van der Waals surface area contributed by atoms with Gasteiger partial charge in [0.1, 0.15) is 5.75 Å². The largest absolute Gasteiger partial charge is 0.493 e. The van der Waals surface area contributed by atoms with Crippen LogP contribution in [0.4, 0.5) is 5.69 Å². The number of hydrogen-bond donors (Lipinski definition) is 2. The van der Waals surface area contributed by atoms with Crippen LogP contribution in [-0.4, -0.2) is 26.5 Å². The first-order valence-corrected chi connectivity index (χ1v) is 11.1. The van der Waals surface area contributed by atoms with Crippen LogP contribution >= 0.6 is 0 Å². The summed E-state index contributed by atoms with van der Waals surface area (Å²) in [6.45, 7) is 10.1. The smallest absolute Gasteiger partial charge is 0.259 e. The highest BCUT2D eigenvalue weighted by Crippen LogP contribution is 2.21. The van der Waals surface area contributed by atoms with Crippen molar-refractivity contribution in [2.45, 2.75) is 51.5 Å². The molecule has 6 nitrogen and oxygen atoms in total. The summed E-state index contributed by atoms with van der Waals surface area (Å²) < 4.78 is 33.1. The van der Waals surface area contributed by atoms with Gasteiger partial charge < -0.3 is 10.1 Å². The van der Waals surface area contributed by atoms with Gasteiger partial charge in [-0.2, -0.15) is 0 Å². The van der Waals surface area contributed by atoms with E-state index in [2.05, 4.69) is 23.9 Å². The van der Waals surface area contributed by atoms with E-state index in [0.29, 0.717) is 29.5 Å². The Morgan fingerprint density at radius 1 is 1.03 bits per heavy atom. The zero-order valence-corrected chi connectivity index (χ0v) is 18.5. The number of ether oxygens (including phenoxy) is 1. The summed E-state index contributed by atoms with van der Waals surface area (Å²) >= 11 is 0. The highest BCUT2D eigenvalue weighted by Gasteiger charge is 2.22. The van der Waals surface area contributed by atoms with Crippen molar-refractivity contribution >= 4 is 21.6 Å². The molecule has 2 aromatic carbocycles. The molecule has 0 radical (unpaired) electrons. The molecule has 2 aromatic rings. The van der Waals surface area contributed by atoms with E-state index in [4.69, 9.17) is 4.74 Å². The van der Waals surface area contributed by atoms with Crippen molar-refractivity contribution in [1.29, 1.82) is 0 Å². The van der Waals surface area contributed by atoms with Crippen molar-refractivity contribution in [3.63, 3.8) is 0 Å². The van der Waals surface area contributed by atoms with Crippen molar-refractivity contribution in [3.05, 3.63) is 54.1 Å². The third-order valence-electron chi connectivity index (χ3n) is 3.95. The van der Waals surface area contributed by atoms with E-state index in [0.717, 1.165) is 6.42 Å².